The van der Waals surface area contributed by atoms with Crippen LogP contribution in [0.25, 0.3) is 4.96 Å². The lowest BCUT2D eigenvalue weighted by molar-refractivity contribution is 0.593. The van der Waals surface area contributed by atoms with Crippen molar-refractivity contribution >= 4 is 32.1 Å². The van der Waals surface area contributed by atoms with Crippen molar-refractivity contribution in [2.45, 2.75) is 18.4 Å². The normalized spacial score (nSPS) is 12.1. The van der Waals surface area contributed by atoms with E-state index < -0.39 is 10.0 Å². The lowest BCUT2D eigenvalue weighted by atomic mass is 10.5. The van der Waals surface area contributed by atoms with E-state index in [1.54, 1.807) is 11.6 Å². The van der Waals surface area contributed by atoms with E-state index in [2.05, 4.69) is 10.3 Å². The standard InChI is InChI=1S/C8H12N4O2S2/c1-2-3-10-6-7(16(9,13)14)12-4-5-15-8(12)11-6/h4-5,10H,2-3H2,1H3,(H2,9,13,14). The van der Waals surface area contributed by atoms with E-state index in [0.29, 0.717) is 17.3 Å². The lowest BCUT2D eigenvalue weighted by Gasteiger charge is -2.03. The highest BCUT2D eigenvalue weighted by Crippen LogP contribution is 2.24. The van der Waals surface area contributed by atoms with Crippen LogP contribution < -0.4 is 10.5 Å². The Morgan fingerprint density at radius 1 is 1.62 bits per heavy atom. The third-order valence-electron chi connectivity index (χ3n) is 2.03. The Morgan fingerprint density at radius 2 is 2.38 bits per heavy atom. The number of nitrogens with zero attached hydrogens (tertiary/aromatic N) is 2. The van der Waals surface area contributed by atoms with E-state index in [1.165, 1.54) is 15.7 Å². The molecular weight excluding hydrogens is 248 g/mol. The molecule has 0 saturated carbocycles. The molecule has 3 N–H and O–H groups in total. The maximum Gasteiger partial charge on any atom is 0.257 e. The maximum absolute atomic E-state index is 11.5. The highest BCUT2D eigenvalue weighted by atomic mass is 32.2. The molecule has 0 unspecified atom stereocenters. The number of hydrogen-bond donors (Lipinski definition) is 2. The number of hydrogen-bond acceptors (Lipinski definition) is 5. The average molecular weight is 260 g/mol. The molecule has 0 atom stereocenters. The van der Waals surface area contributed by atoms with Gasteiger partial charge in [0.25, 0.3) is 10.0 Å². The third-order valence-corrected chi connectivity index (χ3v) is 3.72. The van der Waals surface area contributed by atoms with Crippen molar-refractivity contribution in [1.82, 2.24) is 9.38 Å². The zero-order chi connectivity index (χ0) is 11.8. The van der Waals surface area contributed by atoms with Gasteiger partial charge >= 0.3 is 0 Å². The van der Waals surface area contributed by atoms with E-state index in [0.717, 1.165) is 6.42 Å². The smallest absolute Gasteiger partial charge is 0.257 e. The van der Waals surface area contributed by atoms with Gasteiger partial charge in [0.05, 0.1) is 0 Å². The molecule has 0 amide bonds. The molecule has 0 fully saturated rings. The summed E-state index contributed by atoms with van der Waals surface area (Å²) in [6.07, 6.45) is 2.53. The van der Waals surface area contributed by atoms with Crippen molar-refractivity contribution in [3.05, 3.63) is 11.6 Å². The summed E-state index contributed by atoms with van der Waals surface area (Å²) in [4.78, 5) is 4.80. The van der Waals surface area contributed by atoms with Gasteiger partial charge in [0.15, 0.2) is 15.8 Å². The van der Waals surface area contributed by atoms with E-state index in [-0.39, 0.29) is 5.03 Å². The van der Waals surface area contributed by atoms with E-state index in [4.69, 9.17) is 5.14 Å². The van der Waals surface area contributed by atoms with Crippen molar-refractivity contribution in [2.75, 3.05) is 11.9 Å². The maximum atomic E-state index is 11.5. The van der Waals surface area contributed by atoms with Crippen LogP contribution in [-0.2, 0) is 10.0 Å². The monoisotopic (exact) mass is 260 g/mol. The first-order valence-electron chi connectivity index (χ1n) is 4.76. The third kappa shape index (κ3) is 1.91. The Morgan fingerprint density at radius 3 is 3.00 bits per heavy atom. The molecule has 0 aliphatic carbocycles. The van der Waals surface area contributed by atoms with Crippen LogP contribution in [0.2, 0.25) is 0 Å². The molecule has 88 valence electrons. The summed E-state index contributed by atoms with van der Waals surface area (Å²) < 4.78 is 24.4. The van der Waals surface area contributed by atoms with Crippen molar-refractivity contribution in [3.63, 3.8) is 0 Å². The first-order valence-corrected chi connectivity index (χ1v) is 7.19. The van der Waals surface area contributed by atoms with Crippen LogP contribution in [0.4, 0.5) is 5.82 Å². The summed E-state index contributed by atoms with van der Waals surface area (Å²) >= 11 is 1.36. The van der Waals surface area contributed by atoms with Gasteiger partial charge in [-0.15, -0.1) is 11.3 Å². The number of nitrogens with two attached hydrogens (primary N) is 1. The molecule has 0 aliphatic heterocycles. The van der Waals surface area contributed by atoms with Crippen molar-refractivity contribution in [2.24, 2.45) is 5.14 Å². The minimum atomic E-state index is -3.77. The first kappa shape index (κ1) is 11.4. The summed E-state index contributed by atoms with van der Waals surface area (Å²) in [5, 5.41) is 9.93. The van der Waals surface area contributed by atoms with Gasteiger partial charge in [-0.05, 0) is 6.42 Å². The Kier molecular flexibility index (Phi) is 2.87. The molecule has 0 aromatic carbocycles. The Labute approximate surface area is 97.2 Å². The van der Waals surface area contributed by atoms with Crippen LogP contribution in [0.3, 0.4) is 0 Å². The number of aromatic nitrogens is 2. The molecule has 0 saturated heterocycles. The van der Waals surface area contributed by atoms with Gasteiger partial charge in [0, 0.05) is 18.1 Å². The van der Waals surface area contributed by atoms with Crippen LogP contribution in [-0.4, -0.2) is 24.3 Å². The van der Waals surface area contributed by atoms with Crippen LogP contribution in [0.5, 0.6) is 0 Å². The number of primary sulfonamides is 1. The Bertz CT molecular complexity index is 599. The van der Waals surface area contributed by atoms with Gasteiger partial charge in [0.1, 0.15) is 0 Å². The molecule has 0 spiro atoms. The summed E-state index contributed by atoms with van der Waals surface area (Å²) in [5.41, 5.74) is 0. The topological polar surface area (TPSA) is 89.5 Å². The van der Waals surface area contributed by atoms with Gasteiger partial charge in [-0.2, -0.15) is 0 Å². The molecule has 2 aromatic rings. The van der Waals surface area contributed by atoms with Crippen LogP contribution in [0, 0.1) is 0 Å². The lowest BCUT2D eigenvalue weighted by Crippen LogP contribution is -2.16. The average Bonchev–Trinajstić information content (AvgIpc) is 2.70. The zero-order valence-corrected chi connectivity index (χ0v) is 10.3. The first-order chi connectivity index (χ1) is 7.54. The second-order valence-electron chi connectivity index (χ2n) is 3.29. The van der Waals surface area contributed by atoms with Crippen LogP contribution >= 0.6 is 11.3 Å². The number of anilines is 1. The number of fused-ring (bicyclic) bond motifs is 1. The van der Waals surface area contributed by atoms with Gasteiger partial charge in [0.2, 0.25) is 0 Å². The number of nitrogens with one attached hydrogen (secondary N) is 1. The molecule has 6 nitrogen and oxygen atoms in total. The molecule has 0 bridgehead atoms. The molecule has 2 aromatic heterocycles. The van der Waals surface area contributed by atoms with Crippen molar-refractivity contribution in [3.8, 4) is 0 Å². The highest BCUT2D eigenvalue weighted by Gasteiger charge is 2.22. The molecule has 2 rings (SSSR count). The fourth-order valence-corrected chi connectivity index (χ4v) is 2.98. The van der Waals surface area contributed by atoms with Gasteiger partial charge in [-0.1, -0.05) is 6.92 Å². The Hall–Kier alpha value is -1.12. The predicted octanol–water partition coefficient (Wildman–Crippen LogP) is 0.865. The van der Waals surface area contributed by atoms with Crippen LogP contribution in [0.15, 0.2) is 16.6 Å². The largest absolute Gasteiger partial charge is 0.368 e. The number of thiazole rings is 1. The molecule has 0 aliphatic rings. The number of sulfonamides is 1. The number of rotatable bonds is 4. The fraction of sp³-hybridized carbons (Fsp3) is 0.375. The van der Waals surface area contributed by atoms with E-state index in [1.807, 2.05) is 6.92 Å². The second-order valence-corrected chi connectivity index (χ2v) is 5.64. The summed E-state index contributed by atoms with van der Waals surface area (Å²) in [6, 6.07) is 0. The predicted molar refractivity (Wildman–Crippen MR) is 63.2 cm³/mol. The minimum absolute atomic E-state index is 0.0252. The number of imidazole rings is 1. The van der Waals surface area contributed by atoms with E-state index in [9.17, 15) is 8.42 Å². The highest BCUT2D eigenvalue weighted by molar-refractivity contribution is 7.89. The summed E-state index contributed by atoms with van der Waals surface area (Å²) in [7, 11) is -3.77. The van der Waals surface area contributed by atoms with Crippen LogP contribution in [0.1, 0.15) is 13.3 Å². The summed E-state index contributed by atoms with van der Waals surface area (Å²) in [6.45, 7) is 2.65. The zero-order valence-electron chi connectivity index (χ0n) is 8.67. The van der Waals surface area contributed by atoms with Gasteiger partial charge in [-0.3, -0.25) is 4.40 Å². The molecular formula is C8H12N4O2S2. The minimum Gasteiger partial charge on any atom is -0.368 e. The SMILES string of the molecule is CCCNc1nc2sccn2c1S(N)(=O)=O. The molecule has 0 radical (unpaired) electrons. The van der Waals surface area contributed by atoms with Gasteiger partial charge < -0.3 is 5.32 Å². The Balaban J connectivity index is 2.59. The van der Waals surface area contributed by atoms with Crippen molar-refractivity contribution < 1.29 is 8.42 Å². The molecule has 2 heterocycles. The fourth-order valence-electron chi connectivity index (χ4n) is 1.40. The summed E-state index contributed by atoms with van der Waals surface area (Å²) in [5.74, 6) is 0.330. The quantitative estimate of drug-likeness (QED) is 0.853. The van der Waals surface area contributed by atoms with Gasteiger partial charge in [-0.25, -0.2) is 18.5 Å². The van der Waals surface area contributed by atoms with E-state index >= 15 is 0 Å². The second kappa shape index (κ2) is 4.04. The molecule has 8 heteroatoms. The molecule has 16 heavy (non-hydrogen) atoms. The van der Waals surface area contributed by atoms with Crippen molar-refractivity contribution in [1.29, 1.82) is 0 Å².